The Labute approximate surface area is 162 Å². The first-order valence-corrected chi connectivity index (χ1v) is 11.0. The Bertz CT molecular complexity index is 960. The van der Waals surface area contributed by atoms with Crippen molar-refractivity contribution < 1.29 is 17.9 Å². The average Bonchev–Trinajstić information content (AvgIpc) is 3.39. The van der Waals surface area contributed by atoms with Gasteiger partial charge in [-0.25, -0.2) is 8.42 Å². The van der Waals surface area contributed by atoms with Crippen molar-refractivity contribution in [2.45, 2.75) is 43.2 Å². The molecular formula is C17H22N4O4S2. The number of hydrogen-bond acceptors (Lipinski definition) is 6. The quantitative estimate of drug-likeness (QED) is 0.485. The third-order valence-corrected chi connectivity index (χ3v) is 5.62. The molecule has 0 bridgehead atoms. The molecule has 1 aliphatic carbocycles. The van der Waals surface area contributed by atoms with E-state index in [-0.39, 0.29) is 10.8 Å². The van der Waals surface area contributed by atoms with Crippen LogP contribution in [-0.4, -0.2) is 42.0 Å². The van der Waals surface area contributed by atoms with Crippen LogP contribution >= 0.6 is 12.2 Å². The monoisotopic (exact) mass is 410 g/mol. The van der Waals surface area contributed by atoms with E-state index in [1.165, 1.54) is 12.1 Å². The van der Waals surface area contributed by atoms with Gasteiger partial charge < -0.3 is 10.1 Å². The van der Waals surface area contributed by atoms with Gasteiger partial charge >= 0.3 is 0 Å². The third-order valence-electron chi connectivity index (χ3n) is 4.20. The number of amides is 1. The zero-order valence-corrected chi connectivity index (χ0v) is 16.6. The molecule has 146 valence electrons. The molecule has 1 aromatic heterocycles. The Morgan fingerprint density at radius 1 is 1.37 bits per heavy atom. The molecule has 8 nitrogen and oxygen atoms in total. The van der Waals surface area contributed by atoms with Crippen LogP contribution in [0.3, 0.4) is 0 Å². The van der Waals surface area contributed by atoms with Gasteiger partial charge in [0.1, 0.15) is 5.75 Å². The molecule has 1 amide bonds. The highest BCUT2D eigenvalue weighted by Gasteiger charge is 2.27. The number of hydrogen-bond donors (Lipinski definition) is 2. The SMILES string of the molecule is CS(=O)(=O)c1ccc(OCCCC(=O)NCc2n[nH]c(=S)n2C2CC2)cc1. The molecule has 10 heteroatoms. The maximum absolute atomic E-state index is 12.0. The molecule has 0 saturated heterocycles. The first-order chi connectivity index (χ1) is 12.8. The molecule has 0 unspecified atom stereocenters. The minimum absolute atomic E-state index is 0.0812. The summed E-state index contributed by atoms with van der Waals surface area (Å²) in [4.78, 5) is 12.2. The predicted molar refractivity (Wildman–Crippen MR) is 102 cm³/mol. The lowest BCUT2D eigenvalue weighted by Crippen LogP contribution is -2.24. The topological polar surface area (TPSA) is 106 Å². The maximum Gasteiger partial charge on any atom is 0.220 e. The first kappa shape index (κ1) is 19.6. The Balaban J connectivity index is 1.38. The summed E-state index contributed by atoms with van der Waals surface area (Å²) in [6.07, 6.45) is 4.23. The van der Waals surface area contributed by atoms with Crippen LogP contribution in [0.5, 0.6) is 5.75 Å². The number of carbonyl (C=O) groups excluding carboxylic acids is 1. The number of nitrogens with one attached hydrogen (secondary N) is 2. The normalized spacial score (nSPS) is 14.1. The lowest BCUT2D eigenvalue weighted by molar-refractivity contribution is -0.121. The van der Waals surface area contributed by atoms with Crippen molar-refractivity contribution in [1.82, 2.24) is 20.1 Å². The van der Waals surface area contributed by atoms with Gasteiger partial charge in [0.05, 0.1) is 18.0 Å². The fraction of sp³-hybridized carbons (Fsp3) is 0.471. The van der Waals surface area contributed by atoms with Crippen LogP contribution in [0.1, 0.15) is 37.5 Å². The largest absolute Gasteiger partial charge is 0.494 e. The number of carbonyl (C=O) groups is 1. The number of nitrogens with zero attached hydrogens (tertiary/aromatic N) is 2. The van der Waals surface area contributed by atoms with Gasteiger partial charge in [-0.3, -0.25) is 14.5 Å². The lowest BCUT2D eigenvalue weighted by atomic mass is 10.3. The second-order valence-electron chi connectivity index (χ2n) is 6.52. The summed E-state index contributed by atoms with van der Waals surface area (Å²) < 4.78 is 30.9. The Morgan fingerprint density at radius 2 is 2.07 bits per heavy atom. The van der Waals surface area contributed by atoms with Crippen LogP contribution in [0.25, 0.3) is 0 Å². The summed E-state index contributed by atoms with van der Waals surface area (Å²) in [5.74, 6) is 1.24. The van der Waals surface area contributed by atoms with E-state index in [9.17, 15) is 13.2 Å². The molecule has 27 heavy (non-hydrogen) atoms. The van der Waals surface area contributed by atoms with Gasteiger partial charge in [-0.2, -0.15) is 5.10 Å². The van der Waals surface area contributed by atoms with Gasteiger partial charge in [0.25, 0.3) is 0 Å². The zero-order valence-electron chi connectivity index (χ0n) is 15.0. The van der Waals surface area contributed by atoms with Crippen molar-refractivity contribution in [3.63, 3.8) is 0 Å². The molecule has 1 heterocycles. The number of aromatic amines is 1. The number of benzene rings is 1. The number of rotatable bonds is 9. The van der Waals surface area contributed by atoms with Gasteiger partial charge in [-0.15, -0.1) is 0 Å². The van der Waals surface area contributed by atoms with Gasteiger partial charge in [0, 0.05) is 18.7 Å². The Hall–Kier alpha value is -2.20. The molecule has 1 aromatic carbocycles. The molecule has 3 rings (SSSR count). The number of H-pyrrole nitrogens is 1. The summed E-state index contributed by atoms with van der Waals surface area (Å²) in [5, 5.41) is 9.79. The Morgan fingerprint density at radius 3 is 2.70 bits per heavy atom. The van der Waals surface area contributed by atoms with E-state index >= 15 is 0 Å². The molecule has 2 N–H and O–H groups in total. The molecular weight excluding hydrogens is 388 g/mol. The summed E-state index contributed by atoms with van der Waals surface area (Å²) in [6, 6.07) is 6.63. The van der Waals surface area contributed by atoms with E-state index in [0.29, 0.717) is 42.6 Å². The van der Waals surface area contributed by atoms with Crippen molar-refractivity contribution in [3.05, 3.63) is 34.9 Å². The van der Waals surface area contributed by atoms with Crippen molar-refractivity contribution in [1.29, 1.82) is 0 Å². The standard InChI is InChI=1S/C17H22N4O4S2/c1-27(23,24)14-8-6-13(7-9-14)25-10-2-3-16(22)18-11-15-19-20-17(26)21(15)12-4-5-12/h6-9,12H,2-5,10-11H2,1H3,(H,18,22)(H,20,26). The van der Waals surface area contributed by atoms with Crippen LogP contribution in [0.15, 0.2) is 29.2 Å². The van der Waals surface area contributed by atoms with Crippen LogP contribution < -0.4 is 10.1 Å². The van der Waals surface area contributed by atoms with E-state index in [2.05, 4.69) is 15.5 Å². The van der Waals surface area contributed by atoms with Crippen molar-refractivity contribution in [2.24, 2.45) is 0 Å². The summed E-state index contributed by atoms with van der Waals surface area (Å²) >= 11 is 5.21. The van der Waals surface area contributed by atoms with Gasteiger partial charge in [-0.1, -0.05) is 0 Å². The zero-order chi connectivity index (χ0) is 19.4. The first-order valence-electron chi connectivity index (χ1n) is 8.70. The lowest BCUT2D eigenvalue weighted by Gasteiger charge is -2.08. The molecule has 1 aliphatic rings. The molecule has 0 radical (unpaired) electrons. The highest BCUT2D eigenvalue weighted by molar-refractivity contribution is 7.90. The summed E-state index contributed by atoms with van der Waals surface area (Å²) in [5.41, 5.74) is 0. The minimum Gasteiger partial charge on any atom is -0.494 e. The second-order valence-corrected chi connectivity index (χ2v) is 8.92. The fourth-order valence-corrected chi connectivity index (χ4v) is 3.57. The molecule has 1 fully saturated rings. The van der Waals surface area contributed by atoms with Gasteiger partial charge in [-0.05, 0) is 55.7 Å². The van der Waals surface area contributed by atoms with Crippen LogP contribution in [-0.2, 0) is 21.2 Å². The molecule has 0 atom stereocenters. The van der Waals surface area contributed by atoms with Crippen molar-refractivity contribution >= 4 is 28.0 Å². The number of aromatic nitrogens is 3. The van der Waals surface area contributed by atoms with Gasteiger partial charge in [0.15, 0.2) is 20.4 Å². The second kappa shape index (κ2) is 8.22. The smallest absolute Gasteiger partial charge is 0.220 e. The maximum atomic E-state index is 12.0. The number of sulfone groups is 1. The molecule has 2 aromatic rings. The highest BCUT2D eigenvalue weighted by Crippen LogP contribution is 2.35. The van der Waals surface area contributed by atoms with Crippen molar-refractivity contribution in [3.8, 4) is 5.75 Å². The molecule has 0 spiro atoms. The van der Waals surface area contributed by atoms with E-state index in [0.717, 1.165) is 24.9 Å². The van der Waals surface area contributed by atoms with E-state index in [4.69, 9.17) is 17.0 Å². The molecule has 0 aliphatic heterocycles. The summed E-state index contributed by atoms with van der Waals surface area (Å²) in [6.45, 7) is 0.711. The van der Waals surface area contributed by atoms with E-state index in [1.807, 2.05) is 4.57 Å². The average molecular weight is 411 g/mol. The van der Waals surface area contributed by atoms with E-state index in [1.54, 1.807) is 12.1 Å². The highest BCUT2D eigenvalue weighted by atomic mass is 32.2. The van der Waals surface area contributed by atoms with Gasteiger partial charge in [0.2, 0.25) is 5.91 Å². The predicted octanol–water partition coefficient (Wildman–Crippen LogP) is 2.15. The number of ether oxygens (including phenoxy) is 1. The minimum atomic E-state index is -3.21. The van der Waals surface area contributed by atoms with E-state index < -0.39 is 9.84 Å². The van der Waals surface area contributed by atoms with Crippen LogP contribution in [0.2, 0.25) is 0 Å². The molecule has 1 saturated carbocycles. The van der Waals surface area contributed by atoms with Crippen molar-refractivity contribution in [2.75, 3.05) is 12.9 Å². The summed E-state index contributed by atoms with van der Waals surface area (Å²) in [7, 11) is -3.21. The van der Waals surface area contributed by atoms with Crippen LogP contribution in [0.4, 0.5) is 0 Å². The fourth-order valence-electron chi connectivity index (χ4n) is 2.64. The Kier molecular flexibility index (Phi) is 5.95. The van der Waals surface area contributed by atoms with Crippen LogP contribution in [0, 0.1) is 4.77 Å². The third kappa shape index (κ3) is 5.39.